The summed E-state index contributed by atoms with van der Waals surface area (Å²) in [4.78, 5) is 6.53. The molecule has 0 spiro atoms. The van der Waals surface area contributed by atoms with Gasteiger partial charge in [-0.05, 0) is 25.7 Å². The second-order valence-corrected chi connectivity index (χ2v) is 3.85. The lowest BCUT2D eigenvalue weighted by Gasteiger charge is -2.34. The van der Waals surface area contributed by atoms with Gasteiger partial charge in [-0.25, -0.2) is 5.84 Å². The van der Waals surface area contributed by atoms with Gasteiger partial charge in [-0.3, -0.25) is 10.4 Å². The molecule has 0 aromatic heterocycles. The Balaban J connectivity index is 2.50. The highest BCUT2D eigenvalue weighted by atomic mass is 16.5. The van der Waals surface area contributed by atoms with Gasteiger partial charge in [0.1, 0.15) is 0 Å². The van der Waals surface area contributed by atoms with E-state index in [2.05, 4.69) is 15.3 Å². The van der Waals surface area contributed by atoms with E-state index in [1.807, 2.05) is 6.92 Å². The molecule has 0 aliphatic carbocycles. The zero-order valence-electron chi connectivity index (χ0n) is 9.70. The number of aliphatic imine (C=N–C) groups is 1. The maximum Gasteiger partial charge on any atom is 0.208 e. The fourth-order valence-electron chi connectivity index (χ4n) is 2.02. The van der Waals surface area contributed by atoms with Crippen LogP contribution in [0.4, 0.5) is 0 Å². The summed E-state index contributed by atoms with van der Waals surface area (Å²) >= 11 is 0. The Labute approximate surface area is 91.6 Å². The minimum absolute atomic E-state index is 0.596. The SMILES string of the molecule is CCN=C(NN)N1CCCC(COC)C1. The van der Waals surface area contributed by atoms with Crippen molar-refractivity contribution in [2.24, 2.45) is 16.8 Å². The Kier molecular flexibility index (Phi) is 5.42. The molecule has 1 rings (SSSR count). The van der Waals surface area contributed by atoms with E-state index in [1.54, 1.807) is 7.11 Å². The van der Waals surface area contributed by atoms with Gasteiger partial charge in [0, 0.05) is 26.7 Å². The highest BCUT2D eigenvalue weighted by molar-refractivity contribution is 5.79. The molecule has 1 aliphatic heterocycles. The van der Waals surface area contributed by atoms with E-state index in [9.17, 15) is 0 Å². The normalized spacial score (nSPS) is 23.0. The Hall–Kier alpha value is -0.810. The van der Waals surface area contributed by atoms with E-state index >= 15 is 0 Å². The van der Waals surface area contributed by atoms with Gasteiger partial charge in [-0.2, -0.15) is 0 Å². The lowest BCUT2D eigenvalue weighted by molar-refractivity contribution is 0.114. The minimum Gasteiger partial charge on any atom is -0.384 e. The van der Waals surface area contributed by atoms with E-state index in [-0.39, 0.29) is 0 Å². The van der Waals surface area contributed by atoms with Crippen molar-refractivity contribution in [2.75, 3.05) is 33.4 Å². The van der Waals surface area contributed by atoms with Gasteiger partial charge < -0.3 is 9.64 Å². The molecule has 1 unspecified atom stereocenters. The Morgan fingerprint density at radius 3 is 3.07 bits per heavy atom. The third kappa shape index (κ3) is 3.68. The molecule has 0 radical (unpaired) electrons. The molecule has 1 fully saturated rings. The third-order valence-electron chi connectivity index (χ3n) is 2.66. The molecule has 5 heteroatoms. The van der Waals surface area contributed by atoms with Crippen LogP contribution in [-0.4, -0.2) is 44.2 Å². The van der Waals surface area contributed by atoms with Crippen molar-refractivity contribution in [2.45, 2.75) is 19.8 Å². The van der Waals surface area contributed by atoms with E-state index in [0.717, 1.165) is 32.2 Å². The Morgan fingerprint density at radius 2 is 2.47 bits per heavy atom. The first kappa shape index (κ1) is 12.3. The smallest absolute Gasteiger partial charge is 0.208 e. The van der Waals surface area contributed by atoms with Crippen LogP contribution in [0.1, 0.15) is 19.8 Å². The molecular weight excluding hydrogens is 192 g/mol. The number of nitrogens with one attached hydrogen (secondary N) is 1. The van der Waals surface area contributed by atoms with Gasteiger partial charge in [0.05, 0.1) is 6.61 Å². The van der Waals surface area contributed by atoms with Crippen molar-refractivity contribution in [1.82, 2.24) is 10.3 Å². The van der Waals surface area contributed by atoms with E-state index in [1.165, 1.54) is 12.8 Å². The zero-order valence-corrected chi connectivity index (χ0v) is 9.70. The van der Waals surface area contributed by atoms with E-state index in [4.69, 9.17) is 10.6 Å². The summed E-state index contributed by atoms with van der Waals surface area (Å²) < 4.78 is 5.18. The summed E-state index contributed by atoms with van der Waals surface area (Å²) in [5.41, 5.74) is 2.67. The van der Waals surface area contributed by atoms with Crippen molar-refractivity contribution in [3.8, 4) is 0 Å². The van der Waals surface area contributed by atoms with Gasteiger partial charge in [-0.15, -0.1) is 0 Å². The van der Waals surface area contributed by atoms with Crippen molar-refractivity contribution >= 4 is 5.96 Å². The van der Waals surface area contributed by atoms with Gasteiger partial charge in [0.15, 0.2) is 0 Å². The van der Waals surface area contributed by atoms with Gasteiger partial charge >= 0.3 is 0 Å². The number of hydrogen-bond donors (Lipinski definition) is 2. The summed E-state index contributed by atoms with van der Waals surface area (Å²) in [7, 11) is 1.75. The molecular formula is C10H22N4O. The maximum atomic E-state index is 5.46. The van der Waals surface area contributed by atoms with E-state index in [0.29, 0.717) is 5.92 Å². The zero-order chi connectivity index (χ0) is 11.1. The minimum atomic E-state index is 0.596. The molecule has 0 saturated carbocycles. The summed E-state index contributed by atoms with van der Waals surface area (Å²) in [6, 6.07) is 0. The third-order valence-corrected chi connectivity index (χ3v) is 2.66. The molecule has 1 heterocycles. The van der Waals surface area contributed by atoms with Crippen molar-refractivity contribution in [1.29, 1.82) is 0 Å². The second kappa shape index (κ2) is 6.63. The van der Waals surface area contributed by atoms with Crippen LogP contribution >= 0.6 is 0 Å². The fraction of sp³-hybridized carbons (Fsp3) is 0.900. The summed E-state index contributed by atoms with van der Waals surface area (Å²) in [5.74, 6) is 6.86. The number of nitrogens with zero attached hydrogens (tertiary/aromatic N) is 2. The number of piperidine rings is 1. The standard InChI is InChI=1S/C10H22N4O/c1-3-12-10(13-11)14-6-4-5-9(7-14)8-15-2/h9H,3-8,11H2,1-2H3,(H,12,13). The molecule has 3 N–H and O–H groups in total. The van der Waals surface area contributed by atoms with Crippen LogP contribution in [0.25, 0.3) is 0 Å². The number of methoxy groups -OCH3 is 1. The summed E-state index contributed by atoms with van der Waals surface area (Å²) in [5, 5.41) is 0. The maximum absolute atomic E-state index is 5.46. The van der Waals surface area contributed by atoms with Crippen LogP contribution in [0.5, 0.6) is 0 Å². The number of nitrogens with two attached hydrogens (primary N) is 1. The highest BCUT2D eigenvalue weighted by Gasteiger charge is 2.21. The number of hydrogen-bond acceptors (Lipinski definition) is 3. The highest BCUT2D eigenvalue weighted by Crippen LogP contribution is 2.16. The van der Waals surface area contributed by atoms with Crippen LogP contribution in [0.3, 0.4) is 0 Å². The molecule has 15 heavy (non-hydrogen) atoms. The van der Waals surface area contributed by atoms with Gasteiger partial charge in [0.2, 0.25) is 5.96 Å². The average molecular weight is 214 g/mol. The number of rotatable bonds is 3. The lowest BCUT2D eigenvalue weighted by atomic mass is 9.99. The van der Waals surface area contributed by atoms with Crippen LogP contribution in [0.15, 0.2) is 4.99 Å². The average Bonchev–Trinajstić information content (AvgIpc) is 2.27. The topological polar surface area (TPSA) is 62.9 Å². The second-order valence-electron chi connectivity index (χ2n) is 3.85. The Morgan fingerprint density at radius 1 is 1.67 bits per heavy atom. The molecule has 1 atom stereocenters. The quantitative estimate of drug-likeness (QED) is 0.304. The van der Waals surface area contributed by atoms with Gasteiger partial charge in [-0.1, -0.05) is 0 Å². The van der Waals surface area contributed by atoms with Crippen LogP contribution in [0.2, 0.25) is 0 Å². The van der Waals surface area contributed by atoms with Crippen LogP contribution < -0.4 is 11.3 Å². The fourth-order valence-corrected chi connectivity index (χ4v) is 2.02. The van der Waals surface area contributed by atoms with Crippen molar-refractivity contribution in [3.63, 3.8) is 0 Å². The predicted octanol–water partition coefficient (Wildman–Crippen LogP) is 0.184. The molecule has 0 aromatic carbocycles. The predicted molar refractivity (Wildman–Crippen MR) is 61.5 cm³/mol. The molecule has 0 amide bonds. The van der Waals surface area contributed by atoms with Crippen molar-refractivity contribution in [3.05, 3.63) is 0 Å². The van der Waals surface area contributed by atoms with Crippen molar-refractivity contribution < 1.29 is 4.74 Å². The summed E-state index contributed by atoms with van der Waals surface area (Å²) in [6.45, 7) is 5.60. The first-order chi connectivity index (χ1) is 7.31. The number of ether oxygens (including phenoxy) is 1. The molecule has 0 bridgehead atoms. The van der Waals surface area contributed by atoms with Gasteiger partial charge in [0.25, 0.3) is 0 Å². The first-order valence-electron chi connectivity index (χ1n) is 5.56. The molecule has 88 valence electrons. The number of likely N-dealkylation sites (tertiary alicyclic amines) is 1. The van der Waals surface area contributed by atoms with Crippen LogP contribution in [0, 0.1) is 5.92 Å². The molecule has 1 saturated heterocycles. The molecule has 5 nitrogen and oxygen atoms in total. The molecule has 1 aliphatic rings. The number of guanidine groups is 1. The first-order valence-corrected chi connectivity index (χ1v) is 5.56. The number of hydrazine groups is 1. The molecule has 0 aromatic rings. The van der Waals surface area contributed by atoms with E-state index < -0.39 is 0 Å². The lowest BCUT2D eigenvalue weighted by Crippen LogP contribution is -2.49. The summed E-state index contributed by atoms with van der Waals surface area (Å²) in [6.07, 6.45) is 2.41. The van der Waals surface area contributed by atoms with Crippen LogP contribution in [-0.2, 0) is 4.74 Å². The Bertz CT molecular complexity index is 206. The monoisotopic (exact) mass is 214 g/mol. The largest absolute Gasteiger partial charge is 0.384 e.